The van der Waals surface area contributed by atoms with E-state index in [1.165, 1.54) is 89.9 Å². The van der Waals surface area contributed by atoms with Crippen LogP contribution < -0.4 is 0 Å². The highest BCUT2D eigenvalue weighted by molar-refractivity contribution is 8.00. The highest BCUT2D eigenvalue weighted by Crippen LogP contribution is 2.35. The average Bonchev–Trinajstić information content (AvgIpc) is 3.12. The second kappa shape index (κ2) is 12.9. The number of nitrogens with zero attached hydrogens (tertiary/aromatic N) is 2. The fraction of sp³-hybridized carbons (Fsp3) is 0.857. The van der Waals surface area contributed by atoms with Crippen LogP contribution >= 0.6 is 11.8 Å². The first-order valence-corrected chi connectivity index (χ1v) is 11.4. The molecule has 0 radical (unpaired) electrons. The zero-order valence-electron chi connectivity index (χ0n) is 15.8. The van der Waals surface area contributed by atoms with Gasteiger partial charge in [-0.1, -0.05) is 64.7 Å². The van der Waals surface area contributed by atoms with E-state index in [1.54, 1.807) is 0 Å². The number of aromatic nitrogens is 2. The maximum absolute atomic E-state index is 4.12. The van der Waals surface area contributed by atoms with Crippen LogP contribution in [0.15, 0.2) is 18.7 Å². The molecule has 0 amide bonds. The van der Waals surface area contributed by atoms with Gasteiger partial charge in [-0.05, 0) is 32.1 Å². The smallest absolute Gasteiger partial charge is 0.0945 e. The van der Waals surface area contributed by atoms with E-state index in [4.69, 9.17) is 0 Å². The summed E-state index contributed by atoms with van der Waals surface area (Å²) in [7, 11) is 0. The molecular weight excluding hydrogens is 312 g/mol. The molecular formula is C21H38N2S. The van der Waals surface area contributed by atoms with E-state index in [2.05, 4.69) is 34.4 Å². The lowest BCUT2D eigenvalue weighted by molar-refractivity contribution is 0.507. The zero-order chi connectivity index (χ0) is 16.9. The molecule has 1 saturated carbocycles. The van der Waals surface area contributed by atoms with Crippen molar-refractivity contribution in [2.75, 3.05) is 0 Å². The van der Waals surface area contributed by atoms with Gasteiger partial charge in [-0.2, -0.15) is 11.8 Å². The molecule has 1 unspecified atom stereocenters. The average molecular weight is 351 g/mol. The molecule has 2 nitrogen and oxygen atoms in total. The first kappa shape index (κ1) is 19.9. The van der Waals surface area contributed by atoms with Crippen molar-refractivity contribution < 1.29 is 0 Å². The minimum absolute atomic E-state index is 0.929. The van der Waals surface area contributed by atoms with E-state index < -0.39 is 0 Å². The van der Waals surface area contributed by atoms with Gasteiger partial charge in [-0.25, -0.2) is 4.98 Å². The Morgan fingerprint density at radius 3 is 2.42 bits per heavy atom. The number of hydrogen-bond acceptors (Lipinski definition) is 2. The summed E-state index contributed by atoms with van der Waals surface area (Å²) in [5, 5.41) is 1.90. The van der Waals surface area contributed by atoms with Crippen LogP contribution in [0.5, 0.6) is 0 Å². The lowest BCUT2D eigenvalue weighted by Gasteiger charge is -2.26. The minimum atomic E-state index is 0.929. The quantitative estimate of drug-likeness (QED) is 0.362. The van der Waals surface area contributed by atoms with Gasteiger partial charge in [-0.3, -0.25) is 0 Å². The van der Waals surface area contributed by atoms with Gasteiger partial charge < -0.3 is 4.57 Å². The molecule has 0 N–H and O–H groups in total. The molecule has 24 heavy (non-hydrogen) atoms. The highest BCUT2D eigenvalue weighted by atomic mass is 32.2. The predicted octanol–water partition coefficient (Wildman–Crippen LogP) is 6.85. The van der Waals surface area contributed by atoms with Crippen LogP contribution in [0, 0.1) is 0 Å². The molecule has 1 aromatic rings. The standard InChI is InChI=1S/C21H38N2S/c1-2-3-4-7-12-20(24-21-13-8-5-9-14-21)15-10-6-11-17-23-18-16-22-19-23/h16,18-21H,2-15,17H2,1H3. The normalized spacial score (nSPS) is 17.2. The Balaban J connectivity index is 1.61. The molecule has 138 valence electrons. The zero-order valence-corrected chi connectivity index (χ0v) is 16.6. The summed E-state index contributed by atoms with van der Waals surface area (Å²) >= 11 is 2.36. The second-order valence-corrected chi connectivity index (χ2v) is 9.12. The molecule has 1 aliphatic rings. The Kier molecular flexibility index (Phi) is 10.6. The molecule has 0 saturated heterocycles. The van der Waals surface area contributed by atoms with E-state index in [9.17, 15) is 0 Å². The molecule has 3 heteroatoms. The number of hydrogen-bond donors (Lipinski definition) is 0. The van der Waals surface area contributed by atoms with Gasteiger partial charge in [0, 0.05) is 29.4 Å². The summed E-state index contributed by atoms with van der Waals surface area (Å²) in [5.74, 6) is 0. The van der Waals surface area contributed by atoms with Crippen molar-refractivity contribution in [2.45, 2.75) is 114 Å². The van der Waals surface area contributed by atoms with E-state index >= 15 is 0 Å². The largest absolute Gasteiger partial charge is 0.337 e. The Morgan fingerprint density at radius 1 is 1.00 bits per heavy atom. The third kappa shape index (κ3) is 8.60. The van der Waals surface area contributed by atoms with Crippen LogP contribution in [0.2, 0.25) is 0 Å². The van der Waals surface area contributed by atoms with Crippen LogP contribution in [0.25, 0.3) is 0 Å². The van der Waals surface area contributed by atoms with Crippen molar-refractivity contribution in [3.8, 4) is 0 Å². The first-order valence-electron chi connectivity index (χ1n) is 10.5. The number of unbranched alkanes of at least 4 members (excludes halogenated alkanes) is 5. The lowest BCUT2D eigenvalue weighted by atomic mass is 10.0. The monoisotopic (exact) mass is 350 g/mol. The van der Waals surface area contributed by atoms with Gasteiger partial charge in [0.25, 0.3) is 0 Å². The van der Waals surface area contributed by atoms with E-state index in [-0.39, 0.29) is 0 Å². The predicted molar refractivity (Wildman–Crippen MR) is 108 cm³/mol. The van der Waals surface area contributed by atoms with Crippen LogP contribution in [0.1, 0.15) is 96.8 Å². The number of imidazole rings is 1. The molecule has 1 fully saturated rings. The van der Waals surface area contributed by atoms with Crippen LogP contribution in [0.3, 0.4) is 0 Å². The van der Waals surface area contributed by atoms with Crippen molar-refractivity contribution >= 4 is 11.8 Å². The Bertz CT molecular complexity index is 385. The fourth-order valence-corrected chi connectivity index (χ4v) is 5.57. The van der Waals surface area contributed by atoms with Crippen molar-refractivity contribution in [3.63, 3.8) is 0 Å². The Morgan fingerprint density at radius 2 is 1.75 bits per heavy atom. The van der Waals surface area contributed by atoms with E-state index in [1.807, 2.05) is 12.5 Å². The first-order chi connectivity index (χ1) is 11.9. The van der Waals surface area contributed by atoms with Crippen molar-refractivity contribution in [1.82, 2.24) is 9.55 Å². The molecule has 1 atom stereocenters. The van der Waals surface area contributed by atoms with Gasteiger partial charge in [0.1, 0.15) is 0 Å². The summed E-state index contributed by atoms with van der Waals surface area (Å²) in [5.41, 5.74) is 0. The molecule has 1 aliphatic carbocycles. The highest BCUT2D eigenvalue weighted by Gasteiger charge is 2.19. The van der Waals surface area contributed by atoms with Crippen molar-refractivity contribution in [2.24, 2.45) is 0 Å². The summed E-state index contributed by atoms with van der Waals surface area (Å²) in [4.78, 5) is 4.12. The number of thioether (sulfide) groups is 1. The maximum atomic E-state index is 4.12. The lowest BCUT2D eigenvalue weighted by Crippen LogP contribution is -2.14. The molecule has 0 aromatic carbocycles. The third-order valence-electron chi connectivity index (χ3n) is 5.32. The van der Waals surface area contributed by atoms with Gasteiger partial charge in [-0.15, -0.1) is 0 Å². The number of rotatable bonds is 13. The maximum Gasteiger partial charge on any atom is 0.0945 e. The van der Waals surface area contributed by atoms with Crippen LogP contribution in [-0.4, -0.2) is 20.1 Å². The van der Waals surface area contributed by atoms with E-state index in [0.717, 1.165) is 17.0 Å². The van der Waals surface area contributed by atoms with Gasteiger partial charge >= 0.3 is 0 Å². The van der Waals surface area contributed by atoms with Crippen LogP contribution in [-0.2, 0) is 6.54 Å². The SMILES string of the molecule is CCCCCCC(CCCCCn1ccnc1)SC1CCCCC1. The molecule has 0 bridgehead atoms. The topological polar surface area (TPSA) is 17.8 Å². The van der Waals surface area contributed by atoms with Gasteiger partial charge in [0.05, 0.1) is 6.33 Å². The third-order valence-corrected chi connectivity index (χ3v) is 7.03. The second-order valence-electron chi connectivity index (χ2n) is 7.52. The molecule has 0 spiro atoms. The Hall–Kier alpha value is -0.440. The summed E-state index contributed by atoms with van der Waals surface area (Å²) < 4.78 is 2.21. The van der Waals surface area contributed by atoms with Crippen LogP contribution in [0.4, 0.5) is 0 Å². The summed E-state index contributed by atoms with van der Waals surface area (Å²) in [6.45, 7) is 3.45. The Labute approximate surface area is 154 Å². The molecule has 1 heterocycles. The van der Waals surface area contributed by atoms with Crippen molar-refractivity contribution in [1.29, 1.82) is 0 Å². The summed E-state index contributed by atoms with van der Waals surface area (Å²) in [6, 6.07) is 0. The molecule has 1 aromatic heterocycles. The van der Waals surface area contributed by atoms with Gasteiger partial charge in [0.2, 0.25) is 0 Å². The van der Waals surface area contributed by atoms with E-state index in [0.29, 0.717) is 0 Å². The minimum Gasteiger partial charge on any atom is -0.337 e. The summed E-state index contributed by atoms with van der Waals surface area (Å²) in [6.07, 6.45) is 26.0. The van der Waals surface area contributed by atoms with Crippen molar-refractivity contribution in [3.05, 3.63) is 18.7 Å². The molecule has 2 rings (SSSR count). The fourth-order valence-electron chi connectivity index (χ4n) is 3.81. The molecule has 0 aliphatic heterocycles. The number of aryl methyl sites for hydroxylation is 1. The van der Waals surface area contributed by atoms with Gasteiger partial charge in [0.15, 0.2) is 0 Å².